The van der Waals surface area contributed by atoms with Crippen LogP contribution in [0.1, 0.15) is 11.8 Å². The third-order valence-corrected chi connectivity index (χ3v) is 4.97. The highest BCUT2D eigenvalue weighted by Crippen LogP contribution is 2.37. The normalized spacial score (nSPS) is 22.4. The lowest BCUT2D eigenvalue weighted by molar-refractivity contribution is -0.187. The molecule has 134 valence electrons. The van der Waals surface area contributed by atoms with Gasteiger partial charge in [-0.2, -0.15) is 13.2 Å². The van der Waals surface area contributed by atoms with Gasteiger partial charge in [0.15, 0.2) is 0 Å². The maximum absolute atomic E-state index is 12.9. The molecule has 0 saturated carbocycles. The fourth-order valence-corrected chi connectivity index (χ4v) is 3.64. The summed E-state index contributed by atoms with van der Waals surface area (Å²) in [7, 11) is 0. The van der Waals surface area contributed by atoms with Crippen molar-refractivity contribution in [3.05, 3.63) is 22.4 Å². The number of carbonyl (C=O) groups excluding carboxylic acids is 1. The summed E-state index contributed by atoms with van der Waals surface area (Å²) in [5.41, 5.74) is 0. The minimum absolute atomic E-state index is 0.129. The number of urea groups is 1. The molecule has 3 atom stereocenters. The van der Waals surface area contributed by atoms with E-state index in [0.29, 0.717) is 6.54 Å². The van der Waals surface area contributed by atoms with Crippen LogP contribution in [0, 0.1) is 17.8 Å². The number of hydrogen-bond acceptors (Lipinski definition) is 3. The molecule has 5 nitrogen and oxygen atoms in total. The second kappa shape index (κ2) is 7.42. The molecule has 1 fully saturated rings. The van der Waals surface area contributed by atoms with Gasteiger partial charge in [0.2, 0.25) is 0 Å². The minimum atomic E-state index is -4.63. The van der Waals surface area contributed by atoms with Gasteiger partial charge in [0.25, 0.3) is 0 Å². The summed E-state index contributed by atoms with van der Waals surface area (Å²) in [6.45, 7) is 1.21. The molecule has 0 spiro atoms. The Bertz CT molecular complexity index is 577. The molecule has 9 heteroatoms. The fourth-order valence-electron chi connectivity index (χ4n) is 2.77. The van der Waals surface area contributed by atoms with Gasteiger partial charge >= 0.3 is 18.2 Å². The van der Waals surface area contributed by atoms with Gasteiger partial charge in [-0.15, -0.1) is 11.3 Å². The molecule has 1 unspecified atom stereocenters. The van der Waals surface area contributed by atoms with Gasteiger partial charge in [-0.1, -0.05) is 13.0 Å². The van der Waals surface area contributed by atoms with E-state index in [1.54, 1.807) is 11.3 Å². The number of halogens is 3. The van der Waals surface area contributed by atoms with E-state index >= 15 is 0 Å². The van der Waals surface area contributed by atoms with Crippen LogP contribution in [0.3, 0.4) is 0 Å². The van der Waals surface area contributed by atoms with E-state index in [2.05, 4.69) is 5.32 Å². The molecule has 1 aromatic heterocycles. The SMILES string of the molecule is CC(CNC(=O)N1C[C@@H](C(F)(F)F)[C@H](C(=O)O)C1)Cc1cccs1. The monoisotopic (exact) mass is 364 g/mol. The quantitative estimate of drug-likeness (QED) is 0.844. The lowest BCUT2D eigenvalue weighted by Crippen LogP contribution is -2.41. The first-order valence-electron chi connectivity index (χ1n) is 7.53. The summed E-state index contributed by atoms with van der Waals surface area (Å²) in [4.78, 5) is 25.2. The van der Waals surface area contributed by atoms with Gasteiger partial charge in [0, 0.05) is 24.5 Å². The van der Waals surface area contributed by atoms with Crippen molar-refractivity contribution in [2.75, 3.05) is 19.6 Å². The summed E-state index contributed by atoms with van der Waals surface area (Å²) in [6.07, 6.45) is -3.87. The Morgan fingerprint density at radius 1 is 1.46 bits per heavy atom. The van der Waals surface area contributed by atoms with Gasteiger partial charge in [-0.25, -0.2) is 4.79 Å². The van der Waals surface area contributed by atoms with Gasteiger partial charge in [0.05, 0.1) is 11.8 Å². The number of thiophene rings is 1. The van der Waals surface area contributed by atoms with Crippen LogP contribution >= 0.6 is 11.3 Å². The summed E-state index contributed by atoms with van der Waals surface area (Å²) in [6, 6.07) is 3.26. The fraction of sp³-hybridized carbons (Fsp3) is 0.600. The molecular weight excluding hydrogens is 345 g/mol. The number of nitrogens with one attached hydrogen (secondary N) is 1. The highest BCUT2D eigenvalue weighted by molar-refractivity contribution is 7.09. The zero-order chi connectivity index (χ0) is 17.9. The molecule has 1 aliphatic rings. The summed E-state index contributed by atoms with van der Waals surface area (Å²) >= 11 is 1.60. The number of hydrogen-bond donors (Lipinski definition) is 2. The van der Waals surface area contributed by atoms with E-state index in [4.69, 9.17) is 5.11 Å². The first kappa shape index (κ1) is 18.6. The van der Waals surface area contributed by atoms with Crippen LogP contribution in [0.15, 0.2) is 17.5 Å². The predicted octanol–water partition coefficient (Wildman–Crippen LogP) is 2.83. The third-order valence-electron chi connectivity index (χ3n) is 4.08. The topological polar surface area (TPSA) is 69.6 Å². The van der Waals surface area contributed by atoms with Crippen LogP contribution in [-0.2, 0) is 11.2 Å². The molecule has 0 bridgehead atoms. The molecule has 0 aliphatic carbocycles. The second-order valence-corrected chi connectivity index (χ2v) is 7.10. The van der Waals surface area contributed by atoms with Crippen molar-refractivity contribution in [1.82, 2.24) is 10.2 Å². The zero-order valence-electron chi connectivity index (χ0n) is 13.0. The first-order valence-corrected chi connectivity index (χ1v) is 8.41. The molecule has 2 N–H and O–H groups in total. The molecule has 24 heavy (non-hydrogen) atoms. The van der Waals surface area contributed by atoms with Crippen molar-refractivity contribution in [3.63, 3.8) is 0 Å². The Hall–Kier alpha value is -1.77. The van der Waals surface area contributed by atoms with Crippen molar-refractivity contribution < 1.29 is 27.9 Å². The van der Waals surface area contributed by atoms with Crippen LogP contribution in [0.25, 0.3) is 0 Å². The Morgan fingerprint density at radius 3 is 2.67 bits per heavy atom. The molecule has 2 heterocycles. The van der Waals surface area contributed by atoms with Gasteiger partial charge in [-0.05, 0) is 23.8 Å². The Labute approximate surface area is 141 Å². The van der Waals surface area contributed by atoms with E-state index in [0.717, 1.165) is 11.3 Å². The highest BCUT2D eigenvalue weighted by Gasteiger charge is 2.53. The highest BCUT2D eigenvalue weighted by atomic mass is 32.1. The number of alkyl halides is 3. The minimum Gasteiger partial charge on any atom is -0.481 e. The average molecular weight is 364 g/mol. The molecule has 1 saturated heterocycles. The molecular formula is C15H19F3N2O3S. The van der Waals surface area contributed by atoms with Crippen molar-refractivity contribution in [1.29, 1.82) is 0 Å². The zero-order valence-corrected chi connectivity index (χ0v) is 13.9. The maximum atomic E-state index is 12.9. The Morgan fingerprint density at radius 2 is 2.17 bits per heavy atom. The molecule has 0 radical (unpaired) electrons. The van der Waals surface area contributed by atoms with E-state index in [1.165, 1.54) is 4.88 Å². The number of carboxylic acids is 1. The van der Waals surface area contributed by atoms with Crippen molar-refractivity contribution in [2.45, 2.75) is 19.5 Å². The van der Waals surface area contributed by atoms with E-state index < -0.39 is 43.1 Å². The Kier molecular flexibility index (Phi) is 5.74. The van der Waals surface area contributed by atoms with Crippen molar-refractivity contribution >= 4 is 23.3 Å². The first-order chi connectivity index (χ1) is 11.2. The number of carboxylic acid groups (broad SMARTS) is 1. The molecule has 2 rings (SSSR count). The Balaban J connectivity index is 1.87. The third kappa shape index (κ3) is 4.62. The molecule has 1 aliphatic heterocycles. The largest absolute Gasteiger partial charge is 0.481 e. The summed E-state index contributed by atoms with van der Waals surface area (Å²) < 4.78 is 38.7. The average Bonchev–Trinajstić information content (AvgIpc) is 3.12. The van der Waals surface area contributed by atoms with Crippen molar-refractivity contribution in [3.8, 4) is 0 Å². The van der Waals surface area contributed by atoms with E-state index in [9.17, 15) is 22.8 Å². The molecule has 0 aromatic carbocycles. The van der Waals surface area contributed by atoms with Gasteiger partial charge < -0.3 is 15.3 Å². The second-order valence-electron chi connectivity index (χ2n) is 6.07. The van der Waals surface area contributed by atoms with Crippen LogP contribution in [0.5, 0.6) is 0 Å². The summed E-state index contributed by atoms with van der Waals surface area (Å²) in [5.74, 6) is -5.04. The number of amides is 2. The van der Waals surface area contributed by atoms with Crippen LogP contribution in [-0.4, -0.2) is 47.8 Å². The van der Waals surface area contributed by atoms with Crippen LogP contribution in [0.4, 0.5) is 18.0 Å². The van der Waals surface area contributed by atoms with Crippen molar-refractivity contribution in [2.24, 2.45) is 17.8 Å². The number of aliphatic carboxylic acids is 1. The standard InChI is InChI=1S/C15H19F3N2O3S/c1-9(5-10-3-2-4-24-10)6-19-14(23)20-7-11(13(21)22)12(8-20)15(16,17)18/h2-4,9,11-12H,5-8H2,1H3,(H,19,23)(H,21,22)/t9?,11-,12-/m1/s1. The predicted molar refractivity (Wildman–Crippen MR) is 82.8 cm³/mol. The van der Waals surface area contributed by atoms with Gasteiger partial charge in [-0.3, -0.25) is 4.79 Å². The lowest BCUT2D eigenvalue weighted by Gasteiger charge is -2.20. The van der Waals surface area contributed by atoms with Crippen LogP contribution < -0.4 is 5.32 Å². The van der Waals surface area contributed by atoms with Crippen LogP contribution in [0.2, 0.25) is 0 Å². The number of nitrogens with zero attached hydrogens (tertiary/aromatic N) is 1. The number of carbonyl (C=O) groups is 2. The number of rotatable bonds is 5. The maximum Gasteiger partial charge on any atom is 0.394 e. The number of likely N-dealkylation sites (tertiary alicyclic amines) is 1. The lowest BCUT2D eigenvalue weighted by atomic mass is 9.96. The van der Waals surface area contributed by atoms with E-state index in [1.807, 2.05) is 24.4 Å². The summed E-state index contributed by atoms with van der Waals surface area (Å²) in [5, 5.41) is 13.5. The van der Waals surface area contributed by atoms with E-state index in [-0.39, 0.29) is 5.92 Å². The molecule has 2 amide bonds. The molecule has 1 aromatic rings. The smallest absolute Gasteiger partial charge is 0.394 e. The van der Waals surface area contributed by atoms with Gasteiger partial charge in [0.1, 0.15) is 0 Å².